The SMILES string of the molecule is CC1(C)OB(c2ccc(C[C@@H](NC(=O)[C@H]3CCCN3C(=O)OCc3ccccc3)C(N)=O)cc2)OC1(C)C. The fraction of sp³-hybridized carbons (Fsp3) is 0.464. The molecule has 10 heteroatoms. The van der Waals surface area contributed by atoms with Gasteiger partial charge >= 0.3 is 13.2 Å². The first-order valence-electron chi connectivity index (χ1n) is 13.0. The van der Waals surface area contributed by atoms with E-state index in [1.54, 1.807) is 0 Å². The lowest BCUT2D eigenvalue weighted by molar-refractivity contribution is -0.130. The summed E-state index contributed by atoms with van der Waals surface area (Å²) in [4.78, 5) is 39.4. The van der Waals surface area contributed by atoms with Gasteiger partial charge in [0.1, 0.15) is 18.7 Å². The zero-order chi connectivity index (χ0) is 27.5. The topological polar surface area (TPSA) is 120 Å². The minimum Gasteiger partial charge on any atom is -0.445 e. The van der Waals surface area contributed by atoms with Crippen molar-refractivity contribution < 1.29 is 28.4 Å². The van der Waals surface area contributed by atoms with Crippen molar-refractivity contribution in [1.82, 2.24) is 10.2 Å². The Morgan fingerprint density at radius 1 is 1.03 bits per heavy atom. The molecule has 2 saturated heterocycles. The number of rotatable bonds is 8. The van der Waals surface area contributed by atoms with Crippen molar-refractivity contribution in [3.8, 4) is 0 Å². The molecule has 4 rings (SSSR count). The molecule has 2 aliphatic rings. The Balaban J connectivity index is 1.35. The summed E-state index contributed by atoms with van der Waals surface area (Å²) in [5.74, 6) is -1.07. The normalized spacial score (nSPS) is 20.7. The molecule has 3 N–H and O–H groups in total. The molecule has 0 saturated carbocycles. The van der Waals surface area contributed by atoms with Gasteiger partial charge in [-0.15, -0.1) is 0 Å². The summed E-state index contributed by atoms with van der Waals surface area (Å²) in [6.45, 7) is 8.52. The monoisotopic (exact) mass is 521 g/mol. The maximum atomic E-state index is 13.1. The number of nitrogens with one attached hydrogen (secondary N) is 1. The van der Waals surface area contributed by atoms with Gasteiger partial charge in [0, 0.05) is 13.0 Å². The highest BCUT2D eigenvalue weighted by atomic mass is 16.7. The number of likely N-dealkylation sites (tertiary alicyclic amines) is 1. The lowest BCUT2D eigenvalue weighted by Crippen LogP contribution is -2.53. The summed E-state index contributed by atoms with van der Waals surface area (Å²) >= 11 is 0. The second kappa shape index (κ2) is 11.2. The standard InChI is InChI=1S/C28H36BN3O6/c1-27(2)28(3,4)38-29(37-27)21-14-12-19(13-15-21)17-22(24(30)33)31-25(34)23-11-8-16-32(23)26(35)36-18-20-9-6-5-7-10-20/h5-7,9-10,12-15,22-23H,8,11,16-18H2,1-4H3,(H2,30,33)(H,31,34)/t22-,23-/m1/s1. The van der Waals surface area contributed by atoms with Gasteiger partial charge in [-0.05, 0) is 57.1 Å². The Morgan fingerprint density at radius 2 is 1.66 bits per heavy atom. The van der Waals surface area contributed by atoms with Crippen LogP contribution in [0.5, 0.6) is 0 Å². The first kappa shape index (κ1) is 27.7. The maximum absolute atomic E-state index is 13.1. The van der Waals surface area contributed by atoms with Crippen molar-refractivity contribution in [3.05, 3.63) is 65.7 Å². The highest BCUT2D eigenvalue weighted by Gasteiger charge is 2.51. The average molecular weight is 521 g/mol. The van der Waals surface area contributed by atoms with Gasteiger partial charge in [-0.3, -0.25) is 14.5 Å². The first-order chi connectivity index (χ1) is 18.0. The minimum absolute atomic E-state index is 0.121. The maximum Gasteiger partial charge on any atom is 0.494 e. The molecular weight excluding hydrogens is 485 g/mol. The van der Waals surface area contributed by atoms with Gasteiger partial charge in [-0.2, -0.15) is 0 Å². The molecule has 9 nitrogen and oxygen atoms in total. The molecule has 0 unspecified atom stereocenters. The third-order valence-corrected chi connectivity index (χ3v) is 7.60. The number of hydrogen-bond acceptors (Lipinski definition) is 6. The summed E-state index contributed by atoms with van der Waals surface area (Å²) in [6.07, 6.45) is 0.816. The molecule has 0 aromatic heterocycles. The number of ether oxygens (including phenoxy) is 1. The lowest BCUT2D eigenvalue weighted by Gasteiger charge is -2.32. The van der Waals surface area contributed by atoms with E-state index in [1.165, 1.54) is 4.90 Å². The van der Waals surface area contributed by atoms with E-state index in [0.29, 0.717) is 19.4 Å². The van der Waals surface area contributed by atoms with Gasteiger partial charge in [-0.1, -0.05) is 54.6 Å². The van der Waals surface area contributed by atoms with E-state index >= 15 is 0 Å². The molecule has 0 bridgehead atoms. The Labute approximate surface area is 224 Å². The van der Waals surface area contributed by atoms with Crippen LogP contribution >= 0.6 is 0 Å². The molecule has 2 aromatic carbocycles. The van der Waals surface area contributed by atoms with Gasteiger partial charge in [-0.25, -0.2) is 4.79 Å². The van der Waals surface area contributed by atoms with Crippen molar-refractivity contribution in [1.29, 1.82) is 0 Å². The molecule has 2 atom stereocenters. The minimum atomic E-state index is -0.923. The fourth-order valence-corrected chi connectivity index (χ4v) is 4.58. The van der Waals surface area contributed by atoms with Gasteiger partial charge in [0.05, 0.1) is 11.2 Å². The Hall–Kier alpha value is -3.37. The zero-order valence-electron chi connectivity index (χ0n) is 22.4. The molecule has 2 heterocycles. The zero-order valence-corrected chi connectivity index (χ0v) is 22.4. The predicted octanol–water partition coefficient (Wildman–Crippen LogP) is 2.30. The van der Waals surface area contributed by atoms with Crippen LogP contribution in [-0.4, -0.2) is 59.8 Å². The van der Waals surface area contributed by atoms with Crippen molar-refractivity contribution in [2.45, 2.75) is 76.9 Å². The molecule has 38 heavy (non-hydrogen) atoms. The van der Waals surface area contributed by atoms with E-state index in [0.717, 1.165) is 16.6 Å². The van der Waals surface area contributed by atoms with Crippen molar-refractivity contribution in [3.63, 3.8) is 0 Å². The molecule has 2 fully saturated rings. The van der Waals surface area contributed by atoms with Crippen LogP contribution in [0.15, 0.2) is 54.6 Å². The van der Waals surface area contributed by atoms with Crippen molar-refractivity contribution >= 4 is 30.5 Å². The van der Waals surface area contributed by atoms with E-state index < -0.39 is 48.3 Å². The first-order valence-corrected chi connectivity index (χ1v) is 13.0. The van der Waals surface area contributed by atoms with Gasteiger partial charge in [0.2, 0.25) is 11.8 Å². The van der Waals surface area contributed by atoms with Crippen molar-refractivity contribution in [2.24, 2.45) is 5.73 Å². The Kier molecular flexibility index (Phi) is 8.13. The second-order valence-corrected chi connectivity index (χ2v) is 10.9. The van der Waals surface area contributed by atoms with Crippen molar-refractivity contribution in [2.75, 3.05) is 6.54 Å². The van der Waals surface area contributed by atoms with Gasteiger partial charge in [0.25, 0.3) is 0 Å². The van der Waals surface area contributed by atoms with Crippen LogP contribution in [0, 0.1) is 0 Å². The van der Waals surface area contributed by atoms with E-state index in [1.807, 2.05) is 82.3 Å². The number of hydrogen-bond donors (Lipinski definition) is 2. The van der Waals surface area contributed by atoms with E-state index in [-0.39, 0.29) is 13.0 Å². The van der Waals surface area contributed by atoms with E-state index in [9.17, 15) is 14.4 Å². The number of carbonyl (C=O) groups excluding carboxylic acids is 3. The molecular formula is C28H36BN3O6. The number of amides is 3. The predicted molar refractivity (Wildman–Crippen MR) is 143 cm³/mol. The fourth-order valence-electron chi connectivity index (χ4n) is 4.58. The number of carbonyl (C=O) groups is 3. The van der Waals surface area contributed by atoms with Crippen LogP contribution in [0.4, 0.5) is 4.79 Å². The average Bonchev–Trinajstić information content (AvgIpc) is 3.45. The van der Waals surface area contributed by atoms with E-state index in [4.69, 9.17) is 19.8 Å². The smallest absolute Gasteiger partial charge is 0.445 e. The van der Waals surface area contributed by atoms with E-state index in [2.05, 4.69) is 5.32 Å². The summed E-state index contributed by atoms with van der Waals surface area (Å²) < 4.78 is 17.6. The summed E-state index contributed by atoms with van der Waals surface area (Å²) in [7, 11) is -0.490. The van der Waals surface area contributed by atoms with Crippen LogP contribution in [0.2, 0.25) is 0 Å². The molecule has 2 aromatic rings. The Morgan fingerprint density at radius 3 is 2.26 bits per heavy atom. The lowest BCUT2D eigenvalue weighted by atomic mass is 9.78. The summed E-state index contributed by atoms with van der Waals surface area (Å²) in [5.41, 5.74) is 7.28. The number of benzene rings is 2. The molecule has 0 aliphatic carbocycles. The third-order valence-electron chi connectivity index (χ3n) is 7.60. The molecule has 2 aliphatic heterocycles. The van der Waals surface area contributed by atoms with Crippen LogP contribution in [0.1, 0.15) is 51.7 Å². The Bertz CT molecular complexity index is 1140. The second-order valence-electron chi connectivity index (χ2n) is 10.9. The van der Waals surface area contributed by atoms with Crippen LogP contribution in [0.3, 0.4) is 0 Å². The molecule has 0 spiro atoms. The largest absolute Gasteiger partial charge is 0.494 e. The van der Waals surface area contributed by atoms with Crippen LogP contribution in [-0.2, 0) is 36.7 Å². The summed E-state index contributed by atoms with van der Waals surface area (Å²) in [5, 5.41) is 2.74. The quantitative estimate of drug-likeness (QED) is 0.515. The number of primary amides is 1. The number of nitrogens with two attached hydrogens (primary N) is 1. The van der Waals surface area contributed by atoms with Crippen LogP contribution in [0.25, 0.3) is 0 Å². The number of nitrogens with zero attached hydrogens (tertiary/aromatic N) is 1. The molecule has 3 amide bonds. The highest BCUT2D eigenvalue weighted by Crippen LogP contribution is 2.36. The van der Waals surface area contributed by atoms with Gasteiger partial charge < -0.3 is 25.1 Å². The van der Waals surface area contributed by atoms with Crippen LogP contribution < -0.4 is 16.5 Å². The van der Waals surface area contributed by atoms with Gasteiger partial charge in [0.15, 0.2) is 0 Å². The third kappa shape index (κ3) is 6.19. The molecule has 0 radical (unpaired) electrons. The molecule has 202 valence electrons. The summed E-state index contributed by atoms with van der Waals surface area (Å²) in [6, 6.07) is 15.2. The highest BCUT2D eigenvalue weighted by molar-refractivity contribution is 6.62.